The fourth-order valence-electron chi connectivity index (χ4n) is 3.10. The van der Waals surface area contributed by atoms with Crippen molar-refractivity contribution in [2.75, 3.05) is 6.54 Å². The van der Waals surface area contributed by atoms with Crippen molar-refractivity contribution in [1.82, 2.24) is 4.72 Å². The summed E-state index contributed by atoms with van der Waals surface area (Å²) in [6.07, 6.45) is -4.52. The summed E-state index contributed by atoms with van der Waals surface area (Å²) in [4.78, 5) is -0.777. The van der Waals surface area contributed by atoms with Gasteiger partial charge in [0, 0.05) is 6.54 Å². The van der Waals surface area contributed by atoms with E-state index >= 15 is 0 Å². The second-order valence-corrected chi connectivity index (χ2v) is 10.9. The Morgan fingerprint density at radius 1 is 0.848 bits per heavy atom. The highest BCUT2D eigenvalue weighted by molar-refractivity contribution is 7.91. The SMILES string of the molecule is Cc1ccc(S(=O)(=O)c2ccc(F)cc2)cc1S(=O)(=O)NCCc1cccc(C(F)(F)F)c1. The lowest BCUT2D eigenvalue weighted by Crippen LogP contribution is -2.27. The summed E-state index contributed by atoms with van der Waals surface area (Å²) in [5.41, 5.74) is -0.270. The molecule has 0 heterocycles. The van der Waals surface area contributed by atoms with Crippen LogP contribution in [0.15, 0.2) is 81.4 Å². The van der Waals surface area contributed by atoms with Gasteiger partial charge in [-0.2, -0.15) is 13.2 Å². The van der Waals surface area contributed by atoms with Gasteiger partial charge in [-0.15, -0.1) is 0 Å². The first kappa shape index (κ1) is 24.9. The van der Waals surface area contributed by atoms with Crippen LogP contribution >= 0.6 is 0 Å². The molecular formula is C22H19F4NO4S2. The number of hydrogen-bond donors (Lipinski definition) is 1. The number of sulfone groups is 1. The molecule has 0 aromatic heterocycles. The summed E-state index contributed by atoms with van der Waals surface area (Å²) in [7, 11) is -8.27. The summed E-state index contributed by atoms with van der Waals surface area (Å²) < 4.78 is 105. The van der Waals surface area contributed by atoms with Crippen LogP contribution in [0.25, 0.3) is 0 Å². The topological polar surface area (TPSA) is 80.3 Å². The van der Waals surface area contributed by atoms with E-state index in [1.54, 1.807) is 0 Å². The van der Waals surface area contributed by atoms with Crippen LogP contribution in [0.1, 0.15) is 16.7 Å². The molecule has 11 heteroatoms. The van der Waals surface area contributed by atoms with Crippen LogP contribution in [0.2, 0.25) is 0 Å². The zero-order valence-corrected chi connectivity index (χ0v) is 18.9. The number of rotatable bonds is 7. The molecular weight excluding hydrogens is 482 g/mol. The molecule has 0 amide bonds. The minimum atomic E-state index is -4.51. The Balaban J connectivity index is 1.82. The number of halogens is 4. The van der Waals surface area contributed by atoms with Crippen molar-refractivity contribution in [2.45, 2.75) is 34.2 Å². The van der Waals surface area contributed by atoms with Crippen molar-refractivity contribution in [3.05, 3.63) is 89.2 Å². The second kappa shape index (κ2) is 9.24. The molecule has 0 aliphatic rings. The quantitative estimate of drug-likeness (QED) is 0.382. The van der Waals surface area contributed by atoms with E-state index in [1.165, 1.54) is 31.2 Å². The molecule has 176 valence electrons. The molecule has 0 spiro atoms. The zero-order chi connectivity index (χ0) is 24.4. The Kier molecular flexibility index (Phi) is 6.96. The van der Waals surface area contributed by atoms with Gasteiger partial charge in [-0.3, -0.25) is 0 Å². The lowest BCUT2D eigenvalue weighted by molar-refractivity contribution is -0.137. The number of aryl methyl sites for hydroxylation is 1. The predicted molar refractivity (Wildman–Crippen MR) is 113 cm³/mol. The van der Waals surface area contributed by atoms with Gasteiger partial charge in [0.05, 0.1) is 20.2 Å². The van der Waals surface area contributed by atoms with Gasteiger partial charge in [0.1, 0.15) is 5.82 Å². The van der Waals surface area contributed by atoms with Crippen molar-refractivity contribution in [2.24, 2.45) is 0 Å². The van der Waals surface area contributed by atoms with Crippen molar-refractivity contribution < 1.29 is 34.4 Å². The van der Waals surface area contributed by atoms with E-state index in [2.05, 4.69) is 4.72 Å². The Morgan fingerprint density at radius 3 is 2.12 bits per heavy atom. The van der Waals surface area contributed by atoms with E-state index in [0.29, 0.717) is 0 Å². The largest absolute Gasteiger partial charge is 0.416 e. The number of hydrogen-bond acceptors (Lipinski definition) is 4. The Morgan fingerprint density at radius 2 is 1.48 bits per heavy atom. The van der Waals surface area contributed by atoms with Gasteiger partial charge in [0.2, 0.25) is 19.9 Å². The van der Waals surface area contributed by atoms with Gasteiger partial charge in [0.15, 0.2) is 0 Å². The minimum Gasteiger partial charge on any atom is -0.219 e. The Bertz CT molecular complexity index is 1370. The zero-order valence-electron chi connectivity index (χ0n) is 17.2. The van der Waals surface area contributed by atoms with Crippen molar-refractivity contribution in [3.63, 3.8) is 0 Å². The molecule has 3 aromatic rings. The van der Waals surface area contributed by atoms with Crippen molar-refractivity contribution in [3.8, 4) is 0 Å². The van der Waals surface area contributed by atoms with Crippen LogP contribution in [0, 0.1) is 12.7 Å². The van der Waals surface area contributed by atoms with E-state index in [9.17, 15) is 34.4 Å². The van der Waals surface area contributed by atoms with E-state index < -0.39 is 37.4 Å². The third kappa shape index (κ3) is 5.79. The normalized spacial score (nSPS) is 12.6. The number of benzene rings is 3. The highest BCUT2D eigenvalue weighted by Crippen LogP contribution is 2.30. The standard InChI is InChI=1S/C22H19F4NO4S2/c1-15-5-8-20(32(28,29)19-9-6-18(23)7-10-19)14-21(15)33(30,31)27-12-11-16-3-2-4-17(13-16)22(24,25)26/h2-10,13-14,27H,11-12H2,1H3. The molecule has 0 aliphatic heterocycles. The average molecular weight is 502 g/mol. The monoisotopic (exact) mass is 501 g/mol. The molecule has 33 heavy (non-hydrogen) atoms. The van der Waals surface area contributed by atoms with Gasteiger partial charge < -0.3 is 0 Å². The Labute approximate surface area is 189 Å². The summed E-state index contributed by atoms with van der Waals surface area (Å²) in [5.74, 6) is -0.619. The van der Waals surface area contributed by atoms with Crippen LogP contribution in [0.4, 0.5) is 17.6 Å². The molecule has 0 aliphatic carbocycles. The molecule has 0 atom stereocenters. The number of nitrogens with one attached hydrogen (secondary N) is 1. The van der Waals surface area contributed by atoms with E-state index in [0.717, 1.165) is 42.5 Å². The van der Waals surface area contributed by atoms with Gasteiger partial charge in [0.25, 0.3) is 0 Å². The summed E-state index contributed by atoms with van der Waals surface area (Å²) in [6, 6.07) is 12.2. The molecule has 5 nitrogen and oxygen atoms in total. The number of alkyl halides is 3. The average Bonchev–Trinajstić information content (AvgIpc) is 2.73. The van der Waals surface area contributed by atoms with E-state index in [1.807, 2.05) is 0 Å². The van der Waals surface area contributed by atoms with Crippen molar-refractivity contribution >= 4 is 19.9 Å². The summed E-state index contributed by atoms with van der Waals surface area (Å²) in [5, 5.41) is 0. The summed E-state index contributed by atoms with van der Waals surface area (Å²) >= 11 is 0. The Hall–Kier alpha value is -2.76. The minimum absolute atomic E-state index is 0.00420. The highest BCUT2D eigenvalue weighted by Gasteiger charge is 2.30. The van der Waals surface area contributed by atoms with Crippen LogP contribution in [0.5, 0.6) is 0 Å². The fraction of sp³-hybridized carbons (Fsp3) is 0.182. The predicted octanol–water partition coefficient (Wildman–Crippen LogP) is 4.51. The first-order valence-electron chi connectivity index (χ1n) is 9.58. The first-order chi connectivity index (χ1) is 15.3. The van der Waals surface area contributed by atoms with Crippen molar-refractivity contribution in [1.29, 1.82) is 0 Å². The van der Waals surface area contributed by atoms with Gasteiger partial charge in [-0.25, -0.2) is 25.9 Å². The van der Waals surface area contributed by atoms with E-state index in [-0.39, 0.29) is 38.8 Å². The summed E-state index contributed by atoms with van der Waals surface area (Å²) in [6.45, 7) is 1.29. The first-order valence-corrected chi connectivity index (χ1v) is 12.5. The molecule has 0 saturated carbocycles. The lowest BCUT2D eigenvalue weighted by atomic mass is 10.1. The second-order valence-electron chi connectivity index (χ2n) is 7.23. The molecule has 0 radical (unpaired) electrons. The van der Waals surface area contributed by atoms with Crippen LogP contribution in [-0.2, 0) is 32.5 Å². The van der Waals surface area contributed by atoms with Crippen LogP contribution < -0.4 is 4.72 Å². The smallest absolute Gasteiger partial charge is 0.219 e. The van der Waals surface area contributed by atoms with Crippen LogP contribution in [0.3, 0.4) is 0 Å². The molecule has 1 N–H and O–H groups in total. The third-order valence-corrected chi connectivity index (χ3v) is 8.21. The van der Waals surface area contributed by atoms with E-state index in [4.69, 9.17) is 0 Å². The molecule has 0 bridgehead atoms. The van der Waals surface area contributed by atoms with Crippen LogP contribution in [-0.4, -0.2) is 23.4 Å². The third-order valence-electron chi connectivity index (χ3n) is 4.84. The molecule has 3 rings (SSSR count). The fourth-order valence-corrected chi connectivity index (χ4v) is 5.76. The lowest BCUT2D eigenvalue weighted by Gasteiger charge is -2.12. The maximum Gasteiger partial charge on any atom is 0.416 e. The maximum atomic E-state index is 13.1. The highest BCUT2D eigenvalue weighted by atomic mass is 32.2. The van der Waals surface area contributed by atoms with Gasteiger partial charge >= 0.3 is 6.18 Å². The molecule has 0 saturated heterocycles. The van der Waals surface area contributed by atoms with Gasteiger partial charge in [-0.05, 0) is 66.9 Å². The molecule has 3 aromatic carbocycles. The number of sulfonamides is 1. The van der Waals surface area contributed by atoms with Gasteiger partial charge in [-0.1, -0.05) is 24.3 Å². The molecule has 0 unspecified atom stereocenters. The molecule has 0 fully saturated rings. The maximum absolute atomic E-state index is 13.1.